The molecule has 0 aromatic heterocycles. The van der Waals surface area contributed by atoms with Gasteiger partial charge >= 0.3 is 0 Å². The molecule has 1 amide bonds. The molecular formula is C16H16FNO5S2. The van der Waals surface area contributed by atoms with Gasteiger partial charge in [-0.15, -0.1) is 0 Å². The molecule has 0 aliphatic carbocycles. The standard InChI is InChI=1S/C16H16FNO5S2/c1-12(25(22,23)15-9-7-14(17)8-10-15)16(19)18-24(20,21)11-13-5-3-2-4-6-13/h2-10,12H,11H2,1H3,(H,18,19)/t12-/m0/s1. The van der Waals surface area contributed by atoms with Crippen LogP contribution in [0.25, 0.3) is 0 Å². The van der Waals surface area contributed by atoms with Crippen LogP contribution in [0, 0.1) is 5.82 Å². The van der Waals surface area contributed by atoms with E-state index in [0.29, 0.717) is 5.56 Å². The molecule has 0 fully saturated rings. The number of amides is 1. The minimum atomic E-state index is -4.14. The fourth-order valence-corrected chi connectivity index (χ4v) is 4.56. The summed E-state index contributed by atoms with van der Waals surface area (Å²) in [6, 6.07) is 12.1. The molecule has 6 nitrogen and oxygen atoms in total. The predicted octanol–water partition coefficient (Wildman–Crippen LogP) is 1.63. The lowest BCUT2D eigenvalue weighted by atomic mass is 10.2. The Morgan fingerprint density at radius 2 is 1.56 bits per heavy atom. The Morgan fingerprint density at radius 3 is 2.12 bits per heavy atom. The van der Waals surface area contributed by atoms with Gasteiger partial charge in [0.15, 0.2) is 9.84 Å². The molecule has 0 aliphatic heterocycles. The van der Waals surface area contributed by atoms with E-state index in [9.17, 15) is 26.0 Å². The summed E-state index contributed by atoms with van der Waals surface area (Å²) in [6.07, 6.45) is 0. The fraction of sp³-hybridized carbons (Fsp3) is 0.188. The van der Waals surface area contributed by atoms with E-state index in [0.717, 1.165) is 31.2 Å². The van der Waals surface area contributed by atoms with E-state index >= 15 is 0 Å². The molecule has 0 saturated heterocycles. The van der Waals surface area contributed by atoms with E-state index in [4.69, 9.17) is 0 Å². The predicted molar refractivity (Wildman–Crippen MR) is 90.3 cm³/mol. The first-order valence-electron chi connectivity index (χ1n) is 7.19. The van der Waals surface area contributed by atoms with Gasteiger partial charge in [-0.3, -0.25) is 9.52 Å². The van der Waals surface area contributed by atoms with Gasteiger partial charge in [0.25, 0.3) is 5.91 Å². The molecule has 25 heavy (non-hydrogen) atoms. The Bertz CT molecular complexity index is 955. The first kappa shape index (κ1) is 19.1. The monoisotopic (exact) mass is 385 g/mol. The van der Waals surface area contributed by atoms with E-state index in [-0.39, 0.29) is 4.90 Å². The largest absolute Gasteiger partial charge is 0.273 e. The van der Waals surface area contributed by atoms with Crippen molar-refractivity contribution in [3.05, 3.63) is 66.0 Å². The van der Waals surface area contributed by atoms with Gasteiger partial charge in [-0.05, 0) is 36.8 Å². The Kier molecular flexibility index (Phi) is 5.58. The van der Waals surface area contributed by atoms with Crippen molar-refractivity contribution in [2.75, 3.05) is 0 Å². The smallest absolute Gasteiger partial charge is 0.251 e. The normalized spacial score (nSPS) is 13.2. The van der Waals surface area contributed by atoms with Crippen LogP contribution < -0.4 is 4.72 Å². The minimum Gasteiger partial charge on any atom is -0.273 e. The zero-order valence-corrected chi connectivity index (χ0v) is 14.8. The zero-order chi connectivity index (χ0) is 18.7. The molecule has 0 saturated carbocycles. The summed E-state index contributed by atoms with van der Waals surface area (Å²) >= 11 is 0. The molecule has 0 aliphatic rings. The highest BCUT2D eigenvalue weighted by molar-refractivity contribution is 7.93. The molecule has 9 heteroatoms. The second-order valence-electron chi connectivity index (χ2n) is 5.35. The molecule has 1 atom stereocenters. The highest BCUT2D eigenvalue weighted by atomic mass is 32.2. The van der Waals surface area contributed by atoms with Gasteiger partial charge in [-0.1, -0.05) is 30.3 Å². The summed E-state index contributed by atoms with van der Waals surface area (Å²) in [6.45, 7) is 1.08. The Morgan fingerprint density at radius 1 is 1.00 bits per heavy atom. The lowest BCUT2D eigenvalue weighted by Gasteiger charge is -2.14. The number of rotatable bonds is 6. The summed E-state index contributed by atoms with van der Waals surface area (Å²) in [4.78, 5) is 11.8. The van der Waals surface area contributed by atoms with Crippen molar-refractivity contribution in [3.63, 3.8) is 0 Å². The van der Waals surface area contributed by atoms with Crippen LogP contribution in [0.5, 0.6) is 0 Å². The van der Waals surface area contributed by atoms with Crippen LogP contribution >= 0.6 is 0 Å². The number of nitrogens with one attached hydrogen (secondary N) is 1. The fourth-order valence-electron chi connectivity index (χ4n) is 2.04. The molecule has 2 aromatic carbocycles. The lowest BCUT2D eigenvalue weighted by Crippen LogP contribution is -2.41. The highest BCUT2D eigenvalue weighted by Gasteiger charge is 2.32. The number of halogens is 1. The van der Waals surface area contributed by atoms with Gasteiger partial charge < -0.3 is 0 Å². The second-order valence-corrected chi connectivity index (χ2v) is 9.34. The van der Waals surface area contributed by atoms with E-state index < -0.39 is 42.6 Å². The minimum absolute atomic E-state index is 0.267. The topological polar surface area (TPSA) is 97.4 Å². The third kappa shape index (κ3) is 4.86. The molecule has 0 heterocycles. The number of hydrogen-bond donors (Lipinski definition) is 1. The molecule has 0 spiro atoms. The molecule has 2 aromatic rings. The summed E-state index contributed by atoms with van der Waals surface area (Å²) in [5.41, 5.74) is 0.455. The molecule has 0 radical (unpaired) electrons. The van der Waals surface area contributed by atoms with Gasteiger partial charge in [-0.2, -0.15) is 0 Å². The number of benzene rings is 2. The van der Waals surface area contributed by atoms with Crippen LogP contribution in [0.1, 0.15) is 12.5 Å². The van der Waals surface area contributed by atoms with Crippen molar-refractivity contribution >= 4 is 25.8 Å². The Labute approximate surface area is 145 Å². The molecule has 0 bridgehead atoms. The van der Waals surface area contributed by atoms with Gasteiger partial charge in [-0.25, -0.2) is 21.2 Å². The highest BCUT2D eigenvalue weighted by Crippen LogP contribution is 2.17. The number of sulfone groups is 1. The first-order chi connectivity index (χ1) is 11.6. The average molecular weight is 385 g/mol. The molecule has 0 unspecified atom stereocenters. The summed E-state index contributed by atoms with van der Waals surface area (Å²) < 4.78 is 63.5. The van der Waals surface area contributed by atoms with Crippen molar-refractivity contribution in [2.45, 2.75) is 22.8 Å². The average Bonchev–Trinajstić information content (AvgIpc) is 2.54. The maximum Gasteiger partial charge on any atom is 0.251 e. The van der Waals surface area contributed by atoms with Crippen molar-refractivity contribution in [2.24, 2.45) is 0 Å². The van der Waals surface area contributed by atoms with Crippen LogP contribution in [0.15, 0.2) is 59.5 Å². The summed E-state index contributed by atoms with van der Waals surface area (Å²) in [5.74, 6) is -2.25. The van der Waals surface area contributed by atoms with Crippen molar-refractivity contribution in [1.29, 1.82) is 0 Å². The number of carbonyl (C=O) groups is 1. The van der Waals surface area contributed by atoms with Gasteiger partial charge in [0, 0.05) is 0 Å². The van der Waals surface area contributed by atoms with E-state index in [1.54, 1.807) is 35.1 Å². The molecule has 1 N–H and O–H groups in total. The van der Waals surface area contributed by atoms with E-state index in [2.05, 4.69) is 0 Å². The molecule has 134 valence electrons. The van der Waals surface area contributed by atoms with Crippen molar-refractivity contribution in [3.8, 4) is 0 Å². The van der Waals surface area contributed by atoms with Crippen LogP contribution in [-0.4, -0.2) is 28.0 Å². The summed E-state index contributed by atoms with van der Waals surface area (Å²) in [7, 11) is -8.20. The SMILES string of the molecule is C[C@@H](C(=O)NS(=O)(=O)Cc1ccccc1)S(=O)(=O)c1ccc(F)cc1. The Balaban J connectivity index is 2.15. The van der Waals surface area contributed by atoms with E-state index in [1.165, 1.54) is 0 Å². The zero-order valence-electron chi connectivity index (χ0n) is 13.2. The van der Waals surface area contributed by atoms with Crippen LogP contribution in [-0.2, 0) is 30.4 Å². The van der Waals surface area contributed by atoms with Gasteiger partial charge in [0.1, 0.15) is 11.1 Å². The van der Waals surface area contributed by atoms with Gasteiger partial charge in [0.05, 0.1) is 10.6 Å². The maximum atomic E-state index is 12.9. The van der Waals surface area contributed by atoms with Crippen LogP contribution in [0.2, 0.25) is 0 Å². The lowest BCUT2D eigenvalue weighted by molar-refractivity contribution is -0.118. The second kappa shape index (κ2) is 7.32. The number of hydrogen-bond acceptors (Lipinski definition) is 5. The molecule has 2 rings (SSSR count). The first-order valence-corrected chi connectivity index (χ1v) is 10.4. The Hall–Kier alpha value is -2.26. The van der Waals surface area contributed by atoms with Crippen molar-refractivity contribution < 1.29 is 26.0 Å². The summed E-state index contributed by atoms with van der Waals surface area (Å²) in [5, 5.41) is -1.65. The number of sulfonamides is 1. The molecular weight excluding hydrogens is 369 g/mol. The maximum absolute atomic E-state index is 12.9. The van der Waals surface area contributed by atoms with E-state index in [1.807, 2.05) is 0 Å². The third-order valence-electron chi connectivity index (χ3n) is 3.43. The third-order valence-corrected chi connectivity index (χ3v) is 6.73. The number of carbonyl (C=O) groups excluding carboxylic acids is 1. The van der Waals surface area contributed by atoms with Crippen LogP contribution in [0.4, 0.5) is 4.39 Å². The van der Waals surface area contributed by atoms with Gasteiger partial charge in [0.2, 0.25) is 10.0 Å². The quantitative estimate of drug-likeness (QED) is 0.763. The van der Waals surface area contributed by atoms with Crippen molar-refractivity contribution in [1.82, 2.24) is 4.72 Å². The van der Waals surface area contributed by atoms with Crippen LogP contribution in [0.3, 0.4) is 0 Å².